The molecule has 0 heterocycles. The van der Waals surface area contributed by atoms with Crippen LogP contribution in [0.2, 0.25) is 0 Å². The molecule has 4 nitrogen and oxygen atoms in total. The number of esters is 1. The van der Waals surface area contributed by atoms with E-state index in [0.717, 1.165) is 8.95 Å². The lowest BCUT2D eigenvalue weighted by Gasteiger charge is -2.17. The lowest BCUT2D eigenvalue weighted by atomic mass is 10.2. The first kappa shape index (κ1) is 15.2. The van der Waals surface area contributed by atoms with Crippen LogP contribution in [0, 0.1) is 0 Å². The van der Waals surface area contributed by atoms with Gasteiger partial charge in [0.25, 0.3) is 5.91 Å². The maximum atomic E-state index is 12.1. The third kappa shape index (κ3) is 4.10. The van der Waals surface area contributed by atoms with Crippen molar-refractivity contribution >= 4 is 43.7 Å². The lowest BCUT2D eigenvalue weighted by molar-refractivity contribution is -0.140. The Morgan fingerprint density at radius 3 is 2.61 bits per heavy atom. The molecule has 0 saturated heterocycles. The Kier molecular flexibility index (Phi) is 5.81. The van der Waals surface area contributed by atoms with E-state index in [4.69, 9.17) is 0 Å². The molecule has 0 fully saturated rings. The summed E-state index contributed by atoms with van der Waals surface area (Å²) in [5, 5.41) is 0. The van der Waals surface area contributed by atoms with Gasteiger partial charge in [-0.15, -0.1) is 0 Å². The molecular weight excluding hydrogens is 366 g/mol. The first-order valence-electron chi connectivity index (χ1n) is 5.23. The van der Waals surface area contributed by atoms with Crippen molar-refractivity contribution in [2.24, 2.45) is 0 Å². The van der Waals surface area contributed by atoms with Gasteiger partial charge in [-0.3, -0.25) is 9.59 Å². The van der Waals surface area contributed by atoms with E-state index in [-0.39, 0.29) is 18.3 Å². The van der Waals surface area contributed by atoms with Crippen LogP contribution in [0.5, 0.6) is 0 Å². The molecule has 0 atom stereocenters. The molecule has 0 unspecified atom stereocenters. The molecule has 98 valence electrons. The number of halogens is 2. The van der Waals surface area contributed by atoms with Crippen molar-refractivity contribution in [3.8, 4) is 0 Å². The number of carbonyl (C=O) groups is 2. The Morgan fingerprint density at radius 1 is 1.33 bits per heavy atom. The van der Waals surface area contributed by atoms with Crippen LogP contribution < -0.4 is 0 Å². The Bertz CT molecular complexity index is 463. The maximum absolute atomic E-state index is 12.1. The predicted octanol–water partition coefficient (Wildman–Crippen LogP) is 2.85. The molecule has 1 aromatic rings. The van der Waals surface area contributed by atoms with Gasteiger partial charge in [-0.2, -0.15) is 0 Å². The largest absolute Gasteiger partial charge is 0.469 e. The van der Waals surface area contributed by atoms with E-state index in [1.54, 1.807) is 19.2 Å². The quantitative estimate of drug-likeness (QED) is 0.757. The number of ether oxygens (including phenoxy) is 1. The van der Waals surface area contributed by atoms with E-state index >= 15 is 0 Å². The van der Waals surface area contributed by atoms with Crippen LogP contribution in [0.3, 0.4) is 0 Å². The van der Waals surface area contributed by atoms with E-state index in [1.807, 2.05) is 6.07 Å². The molecule has 1 amide bonds. The first-order chi connectivity index (χ1) is 8.45. The molecule has 1 rings (SSSR count). The van der Waals surface area contributed by atoms with Crippen molar-refractivity contribution in [3.05, 3.63) is 32.7 Å². The molecule has 0 N–H and O–H groups in total. The van der Waals surface area contributed by atoms with Crippen molar-refractivity contribution in [2.75, 3.05) is 20.7 Å². The normalized spacial score (nSPS) is 10.0. The van der Waals surface area contributed by atoms with Crippen molar-refractivity contribution in [1.29, 1.82) is 0 Å². The fourth-order valence-electron chi connectivity index (χ4n) is 1.33. The molecule has 0 spiro atoms. The third-order valence-corrected chi connectivity index (χ3v) is 3.57. The Hall–Kier alpha value is -0.880. The molecule has 0 bridgehead atoms. The zero-order chi connectivity index (χ0) is 13.7. The van der Waals surface area contributed by atoms with E-state index < -0.39 is 0 Å². The molecule has 0 aliphatic rings. The summed E-state index contributed by atoms with van der Waals surface area (Å²) >= 11 is 6.65. The predicted molar refractivity (Wildman–Crippen MR) is 75.4 cm³/mol. The number of hydrogen-bond acceptors (Lipinski definition) is 3. The molecule has 0 radical (unpaired) electrons. The highest BCUT2D eigenvalue weighted by molar-refractivity contribution is 9.11. The minimum Gasteiger partial charge on any atom is -0.469 e. The number of benzene rings is 1. The number of nitrogens with zero attached hydrogens (tertiary/aromatic N) is 1. The van der Waals surface area contributed by atoms with Crippen molar-refractivity contribution in [2.45, 2.75) is 6.42 Å². The third-order valence-electron chi connectivity index (χ3n) is 2.38. The van der Waals surface area contributed by atoms with Gasteiger partial charge in [-0.25, -0.2) is 0 Å². The minimum absolute atomic E-state index is 0.146. The summed E-state index contributed by atoms with van der Waals surface area (Å²) in [4.78, 5) is 24.7. The second kappa shape index (κ2) is 6.89. The summed E-state index contributed by atoms with van der Waals surface area (Å²) in [5.74, 6) is -0.477. The van der Waals surface area contributed by atoms with Gasteiger partial charge in [0.1, 0.15) is 0 Å². The molecule has 18 heavy (non-hydrogen) atoms. The maximum Gasteiger partial charge on any atom is 0.307 e. The van der Waals surface area contributed by atoms with Crippen LogP contribution in [0.4, 0.5) is 0 Å². The fraction of sp³-hybridized carbons (Fsp3) is 0.333. The molecular formula is C12H13Br2NO3. The SMILES string of the molecule is COC(=O)CCN(C)C(=O)c1cc(Br)ccc1Br. The van der Waals surface area contributed by atoms with Crippen LogP contribution in [0.25, 0.3) is 0 Å². The zero-order valence-electron chi connectivity index (χ0n) is 10.1. The molecule has 0 aromatic heterocycles. The zero-order valence-corrected chi connectivity index (χ0v) is 13.2. The highest BCUT2D eigenvalue weighted by atomic mass is 79.9. The highest BCUT2D eigenvalue weighted by Gasteiger charge is 2.16. The summed E-state index contributed by atoms with van der Waals surface area (Å²) in [5.41, 5.74) is 0.553. The molecule has 6 heteroatoms. The van der Waals surface area contributed by atoms with Gasteiger partial charge in [0.15, 0.2) is 0 Å². The summed E-state index contributed by atoms with van der Waals surface area (Å²) < 4.78 is 6.09. The Balaban J connectivity index is 2.74. The average Bonchev–Trinajstić information content (AvgIpc) is 2.37. The summed E-state index contributed by atoms with van der Waals surface area (Å²) in [6.07, 6.45) is 0.185. The number of methoxy groups -OCH3 is 1. The fourth-order valence-corrected chi connectivity index (χ4v) is 2.11. The Morgan fingerprint density at radius 2 is 2.00 bits per heavy atom. The minimum atomic E-state index is -0.331. The lowest BCUT2D eigenvalue weighted by Crippen LogP contribution is -2.29. The van der Waals surface area contributed by atoms with Gasteiger partial charge >= 0.3 is 5.97 Å². The van der Waals surface area contributed by atoms with Gasteiger partial charge < -0.3 is 9.64 Å². The van der Waals surface area contributed by atoms with Crippen LogP contribution in [0.15, 0.2) is 27.1 Å². The molecule has 1 aromatic carbocycles. The monoisotopic (exact) mass is 377 g/mol. The van der Waals surface area contributed by atoms with Gasteiger partial charge in [0.2, 0.25) is 0 Å². The number of amides is 1. The van der Waals surface area contributed by atoms with Crippen molar-refractivity contribution < 1.29 is 14.3 Å². The second-order valence-electron chi connectivity index (χ2n) is 3.68. The Labute approximate surface area is 123 Å². The number of rotatable bonds is 4. The van der Waals surface area contributed by atoms with Gasteiger partial charge in [0, 0.05) is 22.5 Å². The van der Waals surface area contributed by atoms with Crippen LogP contribution in [0.1, 0.15) is 16.8 Å². The topological polar surface area (TPSA) is 46.6 Å². The van der Waals surface area contributed by atoms with Crippen molar-refractivity contribution in [3.63, 3.8) is 0 Å². The van der Waals surface area contributed by atoms with Crippen molar-refractivity contribution in [1.82, 2.24) is 4.90 Å². The van der Waals surface area contributed by atoms with Gasteiger partial charge in [-0.05, 0) is 34.1 Å². The van der Waals surface area contributed by atoms with Crippen LogP contribution >= 0.6 is 31.9 Å². The van der Waals surface area contributed by atoms with Crippen LogP contribution in [-0.2, 0) is 9.53 Å². The highest BCUT2D eigenvalue weighted by Crippen LogP contribution is 2.22. The number of hydrogen-bond donors (Lipinski definition) is 0. The standard InChI is InChI=1S/C12H13Br2NO3/c1-15(6-5-11(16)18-2)12(17)9-7-8(13)3-4-10(9)14/h3-4,7H,5-6H2,1-2H3. The van der Waals surface area contributed by atoms with E-state index in [9.17, 15) is 9.59 Å². The van der Waals surface area contributed by atoms with Gasteiger partial charge in [-0.1, -0.05) is 15.9 Å². The number of carbonyl (C=O) groups excluding carboxylic acids is 2. The summed E-state index contributed by atoms with van der Waals surface area (Å²) in [6.45, 7) is 0.324. The summed E-state index contributed by atoms with van der Waals surface area (Å²) in [7, 11) is 2.98. The first-order valence-corrected chi connectivity index (χ1v) is 6.81. The smallest absolute Gasteiger partial charge is 0.307 e. The van der Waals surface area contributed by atoms with E-state index in [1.165, 1.54) is 12.0 Å². The average molecular weight is 379 g/mol. The van der Waals surface area contributed by atoms with E-state index in [2.05, 4.69) is 36.6 Å². The van der Waals surface area contributed by atoms with Crippen LogP contribution in [-0.4, -0.2) is 37.5 Å². The second-order valence-corrected chi connectivity index (χ2v) is 5.45. The van der Waals surface area contributed by atoms with E-state index in [0.29, 0.717) is 12.1 Å². The van der Waals surface area contributed by atoms with Gasteiger partial charge in [0.05, 0.1) is 19.1 Å². The molecule has 0 aliphatic carbocycles. The molecule has 0 saturated carbocycles. The summed E-state index contributed by atoms with van der Waals surface area (Å²) in [6, 6.07) is 5.38. The molecule has 0 aliphatic heterocycles.